The highest BCUT2D eigenvalue weighted by atomic mass is 79.9. The predicted molar refractivity (Wildman–Crippen MR) is 135 cm³/mol. The van der Waals surface area contributed by atoms with Crippen molar-refractivity contribution in [1.29, 1.82) is 0 Å². The minimum atomic E-state index is -2.55. The van der Waals surface area contributed by atoms with Crippen LogP contribution in [0.25, 0.3) is 0 Å². The third-order valence-corrected chi connectivity index (χ3v) is 12.3. The molecule has 3 aromatic rings. The van der Waals surface area contributed by atoms with E-state index in [0.29, 0.717) is 12.5 Å². The predicted octanol–water partition coefficient (Wildman–Crippen LogP) is 5.28. The van der Waals surface area contributed by atoms with Crippen molar-refractivity contribution < 1.29 is 9.53 Å². The van der Waals surface area contributed by atoms with Crippen LogP contribution in [0.15, 0.2) is 89.4 Å². The van der Waals surface area contributed by atoms with Crippen molar-refractivity contribution in [2.75, 3.05) is 13.2 Å². The van der Waals surface area contributed by atoms with E-state index in [-0.39, 0.29) is 17.1 Å². The van der Waals surface area contributed by atoms with Crippen molar-refractivity contribution in [3.63, 3.8) is 0 Å². The van der Waals surface area contributed by atoms with Gasteiger partial charge in [0.2, 0.25) is 0 Å². The topological polar surface area (TPSA) is 29.5 Å². The molecule has 2 nitrogen and oxygen atoms in total. The first-order valence-corrected chi connectivity index (χ1v) is 13.7. The third-order valence-electron chi connectivity index (χ3n) is 6.83. The first-order chi connectivity index (χ1) is 14.8. The van der Waals surface area contributed by atoms with Gasteiger partial charge in [0.1, 0.15) is 0 Å². The summed E-state index contributed by atoms with van der Waals surface area (Å²) in [5.41, 5.74) is 0.996. The summed E-state index contributed by atoms with van der Waals surface area (Å²) >= 11 is 3.58. The number of benzene rings is 3. The summed E-state index contributed by atoms with van der Waals surface area (Å²) in [5.74, 6) is 0.313. The molecule has 1 aliphatic rings. The Kier molecular flexibility index (Phi) is 6.28. The maximum Gasteiger partial charge on any atom is 0.261 e. The molecule has 4 heteroatoms. The van der Waals surface area contributed by atoms with E-state index in [2.05, 4.69) is 116 Å². The van der Waals surface area contributed by atoms with Gasteiger partial charge in [-0.3, -0.25) is 0 Å². The van der Waals surface area contributed by atoms with E-state index in [9.17, 15) is 5.11 Å². The quantitative estimate of drug-likeness (QED) is 0.453. The van der Waals surface area contributed by atoms with Gasteiger partial charge in [-0.1, -0.05) is 109 Å². The van der Waals surface area contributed by atoms with Gasteiger partial charge in [-0.05, 0) is 45.4 Å². The fraction of sp³-hybridized carbons (Fsp3) is 0.333. The van der Waals surface area contributed by atoms with Crippen LogP contribution in [0.3, 0.4) is 0 Å². The molecule has 0 radical (unpaired) electrons. The Bertz CT molecular complexity index is 977. The summed E-state index contributed by atoms with van der Waals surface area (Å²) in [6.45, 7) is 7.72. The van der Waals surface area contributed by atoms with E-state index in [4.69, 9.17) is 4.43 Å². The standard InChI is InChI=1S/C27H31BrO2Si/c1-26(2,3)31(24-13-6-4-7-14-24,25-15-8-5-9-16-25)30-19-22-18-27(22,20-29)21-11-10-12-23(28)17-21/h4-17,22,29H,18-20H2,1-3H3. The lowest BCUT2D eigenvalue weighted by Gasteiger charge is -2.43. The van der Waals surface area contributed by atoms with Crippen LogP contribution in [-0.4, -0.2) is 26.6 Å². The monoisotopic (exact) mass is 494 g/mol. The molecule has 0 heterocycles. The molecule has 0 spiro atoms. The molecule has 31 heavy (non-hydrogen) atoms. The molecule has 2 atom stereocenters. The van der Waals surface area contributed by atoms with Crippen LogP contribution in [0.1, 0.15) is 32.8 Å². The highest BCUT2D eigenvalue weighted by molar-refractivity contribution is 9.10. The van der Waals surface area contributed by atoms with Crippen LogP contribution in [0.4, 0.5) is 0 Å². The maximum absolute atomic E-state index is 10.3. The molecule has 162 valence electrons. The highest BCUT2D eigenvalue weighted by Gasteiger charge is 2.57. The Morgan fingerprint density at radius 2 is 1.52 bits per heavy atom. The molecule has 0 saturated heterocycles. The van der Waals surface area contributed by atoms with Crippen molar-refractivity contribution >= 4 is 34.6 Å². The number of hydrogen-bond donors (Lipinski definition) is 1. The summed E-state index contributed by atoms with van der Waals surface area (Å²) in [7, 11) is -2.55. The number of halogens is 1. The van der Waals surface area contributed by atoms with Gasteiger partial charge in [-0.2, -0.15) is 0 Å². The minimum Gasteiger partial charge on any atom is -0.407 e. The van der Waals surface area contributed by atoms with E-state index < -0.39 is 8.32 Å². The Morgan fingerprint density at radius 3 is 2.00 bits per heavy atom. The lowest BCUT2D eigenvalue weighted by molar-refractivity contribution is 0.217. The summed E-state index contributed by atoms with van der Waals surface area (Å²) in [6.07, 6.45) is 0.957. The van der Waals surface area contributed by atoms with Crippen LogP contribution < -0.4 is 10.4 Å². The van der Waals surface area contributed by atoms with Gasteiger partial charge in [0.25, 0.3) is 8.32 Å². The van der Waals surface area contributed by atoms with E-state index in [1.54, 1.807) is 0 Å². The second kappa shape index (κ2) is 8.66. The van der Waals surface area contributed by atoms with Crippen molar-refractivity contribution in [2.24, 2.45) is 5.92 Å². The molecule has 2 unspecified atom stereocenters. The number of rotatable bonds is 7. The molecular weight excluding hydrogens is 464 g/mol. The Morgan fingerprint density at radius 1 is 0.935 bits per heavy atom. The first-order valence-electron chi connectivity index (χ1n) is 11.0. The molecule has 0 aliphatic heterocycles. The molecule has 0 amide bonds. The van der Waals surface area contributed by atoms with Crippen LogP contribution in [0.2, 0.25) is 5.04 Å². The molecule has 3 aromatic carbocycles. The second-order valence-corrected chi connectivity index (χ2v) is 14.9. The average molecular weight is 496 g/mol. The van der Waals surface area contributed by atoms with Crippen LogP contribution in [0.5, 0.6) is 0 Å². The first kappa shape index (κ1) is 22.5. The lowest BCUT2D eigenvalue weighted by atomic mass is 9.94. The van der Waals surface area contributed by atoms with Gasteiger partial charge in [-0.25, -0.2) is 0 Å². The number of aliphatic hydroxyl groups excluding tert-OH is 1. The molecule has 4 rings (SSSR count). The number of hydrogen-bond acceptors (Lipinski definition) is 2. The van der Waals surface area contributed by atoms with E-state index >= 15 is 0 Å². The van der Waals surface area contributed by atoms with Crippen LogP contribution >= 0.6 is 15.9 Å². The third kappa shape index (κ3) is 4.07. The van der Waals surface area contributed by atoms with Gasteiger partial charge in [0.05, 0.1) is 6.61 Å². The molecule has 0 aromatic heterocycles. The zero-order chi connectivity index (χ0) is 22.1. The highest BCUT2D eigenvalue weighted by Crippen LogP contribution is 2.55. The Labute approximate surface area is 195 Å². The van der Waals surface area contributed by atoms with Gasteiger partial charge >= 0.3 is 0 Å². The van der Waals surface area contributed by atoms with Crippen molar-refractivity contribution in [2.45, 2.75) is 37.6 Å². The second-order valence-electron chi connectivity index (χ2n) is 9.70. The number of aliphatic hydroxyl groups is 1. The van der Waals surface area contributed by atoms with E-state index in [1.807, 2.05) is 6.07 Å². The smallest absolute Gasteiger partial charge is 0.261 e. The summed E-state index contributed by atoms with van der Waals surface area (Å²) < 4.78 is 8.17. The van der Waals surface area contributed by atoms with Crippen LogP contribution in [0, 0.1) is 5.92 Å². The Balaban J connectivity index is 1.70. The van der Waals surface area contributed by atoms with Crippen molar-refractivity contribution in [3.8, 4) is 0 Å². The normalized spacial score (nSPS) is 21.1. The molecule has 1 fully saturated rings. The van der Waals surface area contributed by atoms with Crippen LogP contribution in [-0.2, 0) is 9.84 Å². The molecule has 0 bridgehead atoms. The zero-order valence-electron chi connectivity index (χ0n) is 18.5. The van der Waals surface area contributed by atoms with Crippen molar-refractivity contribution in [1.82, 2.24) is 0 Å². The fourth-order valence-electron chi connectivity index (χ4n) is 5.02. The largest absolute Gasteiger partial charge is 0.407 e. The molecular formula is C27H31BrO2Si. The van der Waals surface area contributed by atoms with Crippen molar-refractivity contribution in [3.05, 3.63) is 95.0 Å². The zero-order valence-corrected chi connectivity index (χ0v) is 21.1. The van der Waals surface area contributed by atoms with Gasteiger partial charge in [0.15, 0.2) is 0 Å². The summed E-state index contributed by atoms with van der Waals surface area (Å²) in [4.78, 5) is 0. The molecule has 1 N–H and O–H groups in total. The van der Waals surface area contributed by atoms with Gasteiger partial charge in [-0.15, -0.1) is 0 Å². The Hall–Kier alpha value is -1.72. The minimum absolute atomic E-state index is 0.0394. The van der Waals surface area contributed by atoms with E-state index in [0.717, 1.165) is 10.9 Å². The van der Waals surface area contributed by atoms with Gasteiger partial charge in [0, 0.05) is 16.5 Å². The SMILES string of the molecule is CC(C)(C)[Si](OCC1CC1(CO)c1cccc(Br)c1)(c1ccccc1)c1ccccc1. The molecule has 1 saturated carbocycles. The lowest BCUT2D eigenvalue weighted by Crippen LogP contribution is -2.66. The fourth-order valence-corrected chi connectivity index (χ4v) is 10.0. The molecule has 1 aliphatic carbocycles. The average Bonchev–Trinajstić information content (AvgIpc) is 3.49. The summed E-state index contributed by atoms with van der Waals surface area (Å²) in [6, 6.07) is 29.9. The summed E-state index contributed by atoms with van der Waals surface area (Å²) in [5, 5.41) is 12.9. The maximum atomic E-state index is 10.3. The van der Waals surface area contributed by atoms with E-state index in [1.165, 1.54) is 15.9 Å². The van der Waals surface area contributed by atoms with Gasteiger partial charge < -0.3 is 9.53 Å².